The van der Waals surface area contributed by atoms with Gasteiger partial charge in [-0.1, -0.05) is 12.1 Å². The van der Waals surface area contributed by atoms with E-state index in [4.69, 9.17) is 0 Å². The summed E-state index contributed by atoms with van der Waals surface area (Å²) in [6.45, 7) is 1.08. The number of hydrogen-bond acceptors (Lipinski definition) is 2. The number of alkyl halides is 3. The van der Waals surface area contributed by atoms with E-state index in [9.17, 15) is 18.0 Å². The van der Waals surface area contributed by atoms with Gasteiger partial charge in [0.2, 0.25) is 5.91 Å². The quantitative estimate of drug-likeness (QED) is 0.841. The van der Waals surface area contributed by atoms with Gasteiger partial charge in [0.25, 0.3) is 0 Å². The van der Waals surface area contributed by atoms with Crippen LogP contribution in [0.15, 0.2) is 42.7 Å². The van der Waals surface area contributed by atoms with Gasteiger partial charge in [0.05, 0.1) is 17.5 Å². The zero-order chi connectivity index (χ0) is 17.4. The second kappa shape index (κ2) is 5.96. The summed E-state index contributed by atoms with van der Waals surface area (Å²) in [6.07, 6.45) is 0.472. The molecule has 2 aromatic rings. The lowest BCUT2D eigenvalue weighted by Crippen LogP contribution is -2.38. The second-order valence-electron chi connectivity index (χ2n) is 6.15. The predicted molar refractivity (Wildman–Crippen MR) is 82.2 cm³/mol. The molecule has 0 bridgehead atoms. The molecule has 0 aliphatic heterocycles. The summed E-state index contributed by atoms with van der Waals surface area (Å²) in [6, 6.07) is 6.76. The Hall–Kier alpha value is -2.31. The molecule has 0 spiro atoms. The van der Waals surface area contributed by atoms with Crippen molar-refractivity contribution in [2.75, 3.05) is 13.6 Å². The molecule has 128 valence electrons. The van der Waals surface area contributed by atoms with Crippen molar-refractivity contribution >= 4 is 5.91 Å². The summed E-state index contributed by atoms with van der Waals surface area (Å²) < 4.78 is 39.7. The summed E-state index contributed by atoms with van der Waals surface area (Å²) >= 11 is 0. The molecule has 0 atom stereocenters. The Balaban J connectivity index is 1.69. The molecule has 1 amide bonds. The topological polar surface area (TPSA) is 38.1 Å². The molecule has 0 N–H and O–H groups in total. The molecule has 0 unspecified atom stereocenters. The number of nitrogens with zero attached hydrogens (tertiary/aromatic N) is 3. The van der Waals surface area contributed by atoms with E-state index < -0.39 is 17.2 Å². The van der Waals surface area contributed by atoms with Gasteiger partial charge < -0.3 is 4.90 Å². The zero-order valence-electron chi connectivity index (χ0n) is 13.3. The number of carbonyl (C=O) groups is 1. The number of halogens is 3. The normalized spacial score (nSPS) is 16.0. The minimum atomic E-state index is -4.36. The molecule has 4 nitrogen and oxygen atoms in total. The van der Waals surface area contributed by atoms with Crippen molar-refractivity contribution in [3.8, 4) is 0 Å². The summed E-state index contributed by atoms with van der Waals surface area (Å²) in [7, 11) is 1.72. The Morgan fingerprint density at radius 1 is 1.29 bits per heavy atom. The Labute approximate surface area is 137 Å². The van der Waals surface area contributed by atoms with Crippen LogP contribution in [0.4, 0.5) is 13.2 Å². The highest BCUT2D eigenvalue weighted by Crippen LogP contribution is 2.49. The SMILES string of the molecule is CN(CCn1cccn1)C(=O)C1(c2ccc(C(F)(F)F)cc2)CC1. The van der Waals surface area contributed by atoms with E-state index in [2.05, 4.69) is 5.10 Å². The van der Waals surface area contributed by atoms with Gasteiger partial charge in [-0.25, -0.2) is 0 Å². The van der Waals surface area contributed by atoms with Crippen LogP contribution in [-0.2, 0) is 22.9 Å². The fourth-order valence-electron chi connectivity index (χ4n) is 2.88. The zero-order valence-corrected chi connectivity index (χ0v) is 13.3. The van der Waals surface area contributed by atoms with Crippen LogP contribution in [0.25, 0.3) is 0 Å². The van der Waals surface area contributed by atoms with Gasteiger partial charge >= 0.3 is 6.18 Å². The van der Waals surface area contributed by atoms with Crippen molar-refractivity contribution < 1.29 is 18.0 Å². The van der Waals surface area contributed by atoms with Crippen molar-refractivity contribution in [3.63, 3.8) is 0 Å². The lowest BCUT2D eigenvalue weighted by atomic mass is 9.93. The number of likely N-dealkylation sites (N-methyl/N-ethyl adjacent to an activating group) is 1. The molecular formula is C17H18F3N3O. The van der Waals surface area contributed by atoms with Crippen LogP contribution in [0.5, 0.6) is 0 Å². The highest BCUT2D eigenvalue weighted by Gasteiger charge is 2.52. The fraction of sp³-hybridized carbons (Fsp3) is 0.412. The fourth-order valence-corrected chi connectivity index (χ4v) is 2.88. The number of rotatable bonds is 5. The third-order valence-corrected chi connectivity index (χ3v) is 4.49. The maximum Gasteiger partial charge on any atom is 0.416 e. The van der Waals surface area contributed by atoms with Gasteiger partial charge in [-0.3, -0.25) is 9.48 Å². The van der Waals surface area contributed by atoms with Crippen LogP contribution in [0.2, 0.25) is 0 Å². The summed E-state index contributed by atoms with van der Waals surface area (Å²) in [5, 5.41) is 4.09. The van der Waals surface area contributed by atoms with Crippen LogP contribution in [-0.4, -0.2) is 34.2 Å². The van der Waals surface area contributed by atoms with Gasteiger partial charge in [0.1, 0.15) is 0 Å². The first-order valence-corrected chi connectivity index (χ1v) is 7.74. The van der Waals surface area contributed by atoms with Crippen molar-refractivity contribution in [2.24, 2.45) is 0 Å². The third-order valence-electron chi connectivity index (χ3n) is 4.49. The van der Waals surface area contributed by atoms with Crippen LogP contribution in [0.1, 0.15) is 24.0 Å². The molecular weight excluding hydrogens is 319 g/mol. The molecule has 1 aromatic heterocycles. The van der Waals surface area contributed by atoms with Crippen molar-refractivity contribution in [3.05, 3.63) is 53.9 Å². The van der Waals surface area contributed by atoms with Crippen molar-refractivity contribution in [2.45, 2.75) is 31.0 Å². The standard InChI is InChI=1S/C17H18F3N3O/c1-22(11-12-23-10-2-9-21-23)15(24)16(7-8-16)13-3-5-14(6-4-13)17(18,19)20/h2-6,9-10H,7-8,11-12H2,1H3. The first-order chi connectivity index (χ1) is 11.3. The number of carbonyl (C=O) groups excluding carboxylic acids is 1. The first kappa shape index (κ1) is 16.5. The Morgan fingerprint density at radius 3 is 2.46 bits per heavy atom. The van der Waals surface area contributed by atoms with Crippen LogP contribution in [0, 0.1) is 0 Å². The number of amides is 1. The van der Waals surface area contributed by atoms with E-state index >= 15 is 0 Å². The summed E-state index contributed by atoms with van der Waals surface area (Å²) in [5.41, 5.74) is -0.698. The van der Waals surface area contributed by atoms with E-state index in [0.717, 1.165) is 12.1 Å². The van der Waals surface area contributed by atoms with E-state index in [1.165, 1.54) is 12.1 Å². The molecule has 1 aliphatic carbocycles. The smallest absolute Gasteiger partial charge is 0.343 e. The molecule has 0 saturated heterocycles. The van der Waals surface area contributed by atoms with Gasteiger partial charge in [-0.15, -0.1) is 0 Å². The number of aromatic nitrogens is 2. The molecule has 1 saturated carbocycles. The molecule has 24 heavy (non-hydrogen) atoms. The van der Waals surface area contributed by atoms with Crippen LogP contribution >= 0.6 is 0 Å². The summed E-state index contributed by atoms with van der Waals surface area (Å²) in [5.74, 6) is -0.0468. The van der Waals surface area contributed by atoms with Gasteiger partial charge in [-0.05, 0) is 36.6 Å². The molecule has 7 heteroatoms. The van der Waals surface area contributed by atoms with Crippen LogP contribution < -0.4 is 0 Å². The Bertz CT molecular complexity index is 704. The molecule has 0 radical (unpaired) electrons. The van der Waals surface area contributed by atoms with Gasteiger partial charge in [-0.2, -0.15) is 18.3 Å². The third kappa shape index (κ3) is 3.16. The lowest BCUT2D eigenvalue weighted by molar-refractivity contribution is -0.137. The molecule has 1 aliphatic rings. The van der Waals surface area contributed by atoms with Crippen molar-refractivity contribution in [1.82, 2.24) is 14.7 Å². The highest BCUT2D eigenvalue weighted by atomic mass is 19.4. The number of hydrogen-bond donors (Lipinski definition) is 0. The first-order valence-electron chi connectivity index (χ1n) is 7.74. The summed E-state index contributed by atoms with van der Waals surface area (Å²) in [4.78, 5) is 14.4. The van der Waals surface area contributed by atoms with Crippen molar-refractivity contribution in [1.29, 1.82) is 0 Å². The van der Waals surface area contributed by atoms with E-state index in [1.807, 2.05) is 12.3 Å². The van der Waals surface area contributed by atoms with E-state index in [-0.39, 0.29) is 5.91 Å². The largest absolute Gasteiger partial charge is 0.416 e. The van der Waals surface area contributed by atoms with E-state index in [1.54, 1.807) is 22.8 Å². The minimum absolute atomic E-state index is 0.0468. The minimum Gasteiger partial charge on any atom is -0.343 e. The lowest BCUT2D eigenvalue weighted by Gasteiger charge is -2.24. The van der Waals surface area contributed by atoms with Gasteiger partial charge in [0, 0.05) is 26.0 Å². The Morgan fingerprint density at radius 2 is 1.96 bits per heavy atom. The highest BCUT2D eigenvalue weighted by molar-refractivity contribution is 5.91. The molecule has 1 aromatic carbocycles. The van der Waals surface area contributed by atoms with E-state index in [0.29, 0.717) is 31.5 Å². The molecule has 3 rings (SSSR count). The Kier molecular flexibility index (Phi) is 4.11. The van der Waals surface area contributed by atoms with Crippen LogP contribution in [0.3, 0.4) is 0 Å². The maximum atomic E-state index is 12.7. The maximum absolute atomic E-state index is 12.7. The number of benzene rings is 1. The van der Waals surface area contributed by atoms with Gasteiger partial charge in [0.15, 0.2) is 0 Å². The molecule has 1 heterocycles. The predicted octanol–water partition coefficient (Wildman–Crippen LogP) is 3.09. The average molecular weight is 337 g/mol. The molecule has 1 fully saturated rings. The average Bonchev–Trinajstić information content (AvgIpc) is 3.20. The second-order valence-corrected chi connectivity index (χ2v) is 6.15. The monoisotopic (exact) mass is 337 g/mol.